The molecular weight excluding hydrogens is 266 g/mol. The summed E-state index contributed by atoms with van der Waals surface area (Å²) in [5.41, 5.74) is 0. The molecule has 19 heavy (non-hydrogen) atoms. The van der Waals surface area contributed by atoms with E-state index < -0.39 is 0 Å². The van der Waals surface area contributed by atoms with E-state index in [-0.39, 0.29) is 24.4 Å². The van der Waals surface area contributed by atoms with Gasteiger partial charge < -0.3 is 15.4 Å². The monoisotopic (exact) mass is 291 g/mol. The van der Waals surface area contributed by atoms with Crippen LogP contribution in [0.25, 0.3) is 0 Å². The van der Waals surface area contributed by atoms with Crippen molar-refractivity contribution in [2.24, 2.45) is 5.92 Å². The molecule has 1 amide bonds. The molecule has 2 aliphatic heterocycles. The molecule has 2 heterocycles. The highest BCUT2D eigenvalue weighted by Gasteiger charge is 2.22. The predicted octanol–water partition coefficient (Wildman–Crippen LogP) is 0.245. The van der Waals surface area contributed by atoms with E-state index in [0.29, 0.717) is 5.92 Å². The summed E-state index contributed by atoms with van der Waals surface area (Å²) in [6.45, 7) is 8.69. The Morgan fingerprint density at radius 2 is 2.21 bits per heavy atom. The smallest absolute Gasteiger partial charge is 0.237 e. The zero-order valence-corrected chi connectivity index (χ0v) is 12.5. The van der Waals surface area contributed by atoms with Crippen LogP contribution in [0.3, 0.4) is 0 Å². The summed E-state index contributed by atoms with van der Waals surface area (Å²) in [6, 6.07) is 0.0422. The van der Waals surface area contributed by atoms with E-state index >= 15 is 0 Å². The summed E-state index contributed by atoms with van der Waals surface area (Å²) in [6.07, 6.45) is 2.09. The van der Waals surface area contributed by atoms with Crippen LogP contribution in [0.15, 0.2) is 0 Å². The molecule has 6 heteroatoms. The van der Waals surface area contributed by atoms with Crippen LogP contribution < -0.4 is 10.6 Å². The lowest BCUT2D eigenvalue weighted by Crippen LogP contribution is -2.44. The zero-order valence-electron chi connectivity index (χ0n) is 11.7. The van der Waals surface area contributed by atoms with Gasteiger partial charge in [0.15, 0.2) is 0 Å². The Hall–Kier alpha value is -0.360. The topological polar surface area (TPSA) is 53.6 Å². The minimum Gasteiger partial charge on any atom is -0.379 e. The first-order valence-electron chi connectivity index (χ1n) is 7.07. The van der Waals surface area contributed by atoms with Crippen LogP contribution >= 0.6 is 12.4 Å². The van der Waals surface area contributed by atoms with E-state index in [1.54, 1.807) is 0 Å². The third kappa shape index (κ3) is 5.65. The highest BCUT2D eigenvalue weighted by molar-refractivity contribution is 5.85. The van der Waals surface area contributed by atoms with Crippen LogP contribution in [0.4, 0.5) is 0 Å². The van der Waals surface area contributed by atoms with Crippen LogP contribution in [0, 0.1) is 5.92 Å². The van der Waals surface area contributed by atoms with Crippen molar-refractivity contribution in [2.75, 3.05) is 45.9 Å². The van der Waals surface area contributed by atoms with Crippen LogP contribution in [0.5, 0.6) is 0 Å². The van der Waals surface area contributed by atoms with Gasteiger partial charge in [0.2, 0.25) is 5.91 Å². The van der Waals surface area contributed by atoms with Gasteiger partial charge in [0.1, 0.15) is 0 Å². The molecule has 0 aromatic heterocycles. The van der Waals surface area contributed by atoms with E-state index in [0.717, 1.165) is 58.8 Å². The van der Waals surface area contributed by atoms with E-state index in [4.69, 9.17) is 4.74 Å². The van der Waals surface area contributed by atoms with Gasteiger partial charge >= 0.3 is 0 Å². The molecule has 1 unspecified atom stereocenters. The Morgan fingerprint density at radius 3 is 2.84 bits per heavy atom. The first-order valence-corrected chi connectivity index (χ1v) is 7.07. The van der Waals surface area contributed by atoms with Crippen molar-refractivity contribution in [3.63, 3.8) is 0 Å². The number of nitrogens with one attached hydrogen (secondary N) is 2. The second-order valence-electron chi connectivity index (χ2n) is 5.41. The molecule has 0 aliphatic carbocycles. The quantitative estimate of drug-likeness (QED) is 0.762. The second-order valence-corrected chi connectivity index (χ2v) is 5.41. The summed E-state index contributed by atoms with van der Waals surface area (Å²) >= 11 is 0. The van der Waals surface area contributed by atoms with Crippen molar-refractivity contribution in [1.82, 2.24) is 15.5 Å². The summed E-state index contributed by atoms with van der Waals surface area (Å²) in [5.74, 6) is 0.662. The fraction of sp³-hybridized carbons (Fsp3) is 0.923. The molecule has 5 nitrogen and oxygen atoms in total. The molecular formula is C13H26ClN3O2. The maximum atomic E-state index is 11.8. The minimum atomic E-state index is 0. The van der Waals surface area contributed by atoms with Crippen LogP contribution in [0.1, 0.15) is 19.8 Å². The van der Waals surface area contributed by atoms with Crippen molar-refractivity contribution in [1.29, 1.82) is 0 Å². The number of hydrogen-bond donors (Lipinski definition) is 2. The summed E-state index contributed by atoms with van der Waals surface area (Å²) < 4.78 is 5.33. The second kappa shape index (κ2) is 8.74. The third-order valence-corrected chi connectivity index (χ3v) is 3.68. The number of amides is 1. The number of hydrogen-bond acceptors (Lipinski definition) is 4. The van der Waals surface area contributed by atoms with Crippen molar-refractivity contribution in [3.8, 4) is 0 Å². The first kappa shape index (κ1) is 16.7. The number of morpholine rings is 1. The van der Waals surface area contributed by atoms with Crippen LogP contribution in [-0.4, -0.2) is 62.8 Å². The lowest BCUT2D eigenvalue weighted by molar-refractivity contribution is -0.123. The molecule has 0 saturated carbocycles. The van der Waals surface area contributed by atoms with Crippen LogP contribution in [-0.2, 0) is 9.53 Å². The maximum Gasteiger partial charge on any atom is 0.237 e. The molecule has 0 aromatic rings. The standard InChI is InChI=1S/C13H25N3O2.ClH/c1-11(10-16-5-7-18-8-6-16)9-15-13(17)12-3-2-4-14-12;/h11-12,14H,2-10H2,1H3,(H,15,17);1H/t11?,12-;/m0./s1. The van der Waals surface area contributed by atoms with Gasteiger partial charge in [0, 0.05) is 26.2 Å². The molecule has 0 spiro atoms. The lowest BCUT2D eigenvalue weighted by atomic mass is 10.1. The molecule has 2 saturated heterocycles. The molecule has 0 radical (unpaired) electrons. The fourth-order valence-electron chi connectivity index (χ4n) is 2.60. The Kier molecular flexibility index (Phi) is 7.68. The largest absolute Gasteiger partial charge is 0.379 e. The van der Waals surface area contributed by atoms with Crippen LogP contribution in [0.2, 0.25) is 0 Å². The van der Waals surface area contributed by atoms with E-state index in [9.17, 15) is 4.79 Å². The molecule has 0 bridgehead atoms. The van der Waals surface area contributed by atoms with E-state index in [2.05, 4.69) is 22.5 Å². The number of nitrogens with zero attached hydrogens (tertiary/aromatic N) is 1. The first-order chi connectivity index (χ1) is 8.75. The molecule has 2 N–H and O–H groups in total. The van der Waals surface area contributed by atoms with Gasteiger partial charge in [-0.05, 0) is 25.3 Å². The lowest BCUT2D eigenvalue weighted by Gasteiger charge is -2.29. The molecule has 2 fully saturated rings. The van der Waals surface area contributed by atoms with Gasteiger partial charge in [-0.2, -0.15) is 0 Å². The molecule has 112 valence electrons. The Morgan fingerprint density at radius 1 is 1.47 bits per heavy atom. The number of halogens is 1. The van der Waals surface area contributed by atoms with Gasteiger partial charge in [-0.15, -0.1) is 12.4 Å². The Balaban J connectivity index is 0.00000180. The normalized spacial score (nSPS) is 25.6. The predicted molar refractivity (Wildman–Crippen MR) is 77.7 cm³/mol. The number of carbonyl (C=O) groups is 1. The van der Waals surface area contributed by atoms with Crippen molar-refractivity contribution >= 4 is 18.3 Å². The summed E-state index contributed by atoms with van der Waals surface area (Å²) in [5, 5.41) is 6.28. The van der Waals surface area contributed by atoms with Gasteiger partial charge in [0.05, 0.1) is 19.3 Å². The Bertz CT molecular complexity index is 267. The van der Waals surface area contributed by atoms with Gasteiger partial charge in [-0.3, -0.25) is 9.69 Å². The highest BCUT2D eigenvalue weighted by atomic mass is 35.5. The minimum absolute atomic E-state index is 0. The zero-order chi connectivity index (χ0) is 12.8. The summed E-state index contributed by atoms with van der Waals surface area (Å²) in [7, 11) is 0. The van der Waals surface area contributed by atoms with Gasteiger partial charge in [0.25, 0.3) is 0 Å². The fourth-order valence-corrected chi connectivity index (χ4v) is 2.60. The van der Waals surface area contributed by atoms with Crippen molar-refractivity contribution in [3.05, 3.63) is 0 Å². The SMILES string of the molecule is CC(CNC(=O)[C@@H]1CCCN1)CN1CCOCC1.Cl. The van der Waals surface area contributed by atoms with E-state index in [1.165, 1.54) is 0 Å². The molecule has 2 atom stereocenters. The van der Waals surface area contributed by atoms with E-state index in [1.807, 2.05) is 0 Å². The highest BCUT2D eigenvalue weighted by Crippen LogP contribution is 2.06. The van der Waals surface area contributed by atoms with Gasteiger partial charge in [-0.25, -0.2) is 0 Å². The third-order valence-electron chi connectivity index (χ3n) is 3.68. The maximum absolute atomic E-state index is 11.8. The summed E-state index contributed by atoms with van der Waals surface area (Å²) in [4.78, 5) is 14.2. The average molecular weight is 292 g/mol. The molecule has 2 rings (SSSR count). The van der Waals surface area contributed by atoms with Crippen molar-refractivity contribution < 1.29 is 9.53 Å². The number of rotatable bonds is 5. The number of carbonyl (C=O) groups excluding carboxylic acids is 1. The molecule has 0 aromatic carbocycles. The van der Waals surface area contributed by atoms with Gasteiger partial charge in [-0.1, -0.05) is 6.92 Å². The number of ether oxygens (including phenoxy) is 1. The Labute approximate surface area is 121 Å². The van der Waals surface area contributed by atoms with Crippen molar-refractivity contribution in [2.45, 2.75) is 25.8 Å². The molecule has 2 aliphatic rings. The average Bonchev–Trinajstić information content (AvgIpc) is 2.91.